The van der Waals surface area contributed by atoms with E-state index in [0.29, 0.717) is 42.5 Å². The SMILES string of the molecule is CC1CN(c2ncccc2F)CCN1c1cc(-c2ccc(F)c(F)c2)nc(Cl)n1. The molecule has 0 bridgehead atoms. The molecule has 2 aromatic heterocycles. The summed E-state index contributed by atoms with van der Waals surface area (Å²) >= 11 is 6.10. The van der Waals surface area contributed by atoms with E-state index in [0.717, 1.165) is 12.1 Å². The average molecular weight is 420 g/mol. The summed E-state index contributed by atoms with van der Waals surface area (Å²) < 4.78 is 40.9. The molecule has 0 N–H and O–H groups in total. The first-order chi connectivity index (χ1) is 13.9. The molecule has 4 rings (SSSR count). The maximum atomic E-state index is 14.1. The molecule has 3 aromatic rings. The number of benzene rings is 1. The first-order valence-corrected chi connectivity index (χ1v) is 9.42. The van der Waals surface area contributed by atoms with Crippen LogP contribution in [0.2, 0.25) is 5.28 Å². The van der Waals surface area contributed by atoms with E-state index in [1.165, 1.54) is 12.1 Å². The summed E-state index contributed by atoms with van der Waals surface area (Å²) in [4.78, 5) is 16.5. The molecule has 9 heteroatoms. The maximum absolute atomic E-state index is 14.1. The van der Waals surface area contributed by atoms with E-state index in [4.69, 9.17) is 11.6 Å². The number of pyridine rings is 1. The number of hydrogen-bond acceptors (Lipinski definition) is 5. The largest absolute Gasteiger partial charge is 0.350 e. The smallest absolute Gasteiger partial charge is 0.224 e. The van der Waals surface area contributed by atoms with Crippen LogP contribution in [0.3, 0.4) is 0 Å². The van der Waals surface area contributed by atoms with E-state index in [9.17, 15) is 13.2 Å². The van der Waals surface area contributed by atoms with E-state index in [2.05, 4.69) is 15.0 Å². The van der Waals surface area contributed by atoms with E-state index in [1.54, 1.807) is 18.3 Å². The Morgan fingerprint density at radius 2 is 1.83 bits per heavy atom. The fourth-order valence-electron chi connectivity index (χ4n) is 3.46. The van der Waals surface area contributed by atoms with Gasteiger partial charge >= 0.3 is 0 Å². The van der Waals surface area contributed by atoms with Crippen molar-refractivity contribution in [3.63, 3.8) is 0 Å². The summed E-state index contributed by atoms with van der Waals surface area (Å²) in [5.74, 6) is -1.36. The third-order valence-electron chi connectivity index (χ3n) is 4.86. The summed E-state index contributed by atoms with van der Waals surface area (Å²) in [6.45, 7) is 3.62. The van der Waals surface area contributed by atoms with E-state index in [-0.39, 0.29) is 17.1 Å². The average Bonchev–Trinajstić information content (AvgIpc) is 2.70. The monoisotopic (exact) mass is 419 g/mol. The van der Waals surface area contributed by atoms with Gasteiger partial charge in [0.15, 0.2) is 23.3 Å². The molecule has 29 heavy (non-hydrogen) atoms. The number of rotatable bonds is 3. The highest BCUT2D eigenvalue weighted by Crippen LogP contribution is 2.28. The normalized spacial score (nSPS) is 16.9. The van der Waals surface area contributed by atoms with Crippen molar-refractivity contribution in [2.45, 2.75) is 13.0 Å². The Morgan fingerprint density at radius 1 is 1.00 bits per heavy atom. The second kappa shape index (κ2) is 7.87. The van der Waals surface area contributed by atoms with Gasteiger partial charge in [-0.05, 0) is 48.9 Å². The molecule has 0 spiro atoms. The van der Waals surface area contributed by atoms with Gasteiger partial charge in [-0.2, -0.15) is 0 Å². The molecule has 1 aromatic carbocycles. The number of piperazine rings is 1. The van der Waals surface area contributed by atoms with E-state index in [1.807, 2.05) is 16.7 Å². The molecule has 1 fully saturated rings. The number of nitrogens with zero attached hydrogens (tertiary/aromatic N) is 5. The van der Waals surface area contributed by atoms with Crippen LogP contribution in [-0.2, 0) is 0 Å². The van der Waals surface area contributed by atoms with Crippen LogP contribution in [0.25, 0.3) is 11.3 Å². The Labute approximate surface area is 170 Å². The Morgan fingerprint density at radius 3 is 2.55 bits per heavy atom. The number of aromatic nitrogens is 3. The molecule has 1 saturated heterocycles. The van der Waals surface area contributed by atoms with Crippen molar-refractivity contribution >= 4 is 23.2 Å². The fraction of sp³-hybridized carbons (Fsp3) is 0.250. The van der Waals surface area contributed by atoms with Crippen LogP contribution in [-0.4, -0.2) is 40.6 Å². The zero-order valence-electron chi connectivity index (χ0n) is 15.5. The third-order valence-corrected chi connectivity index (χ3v) is 5.03. The minimum Gasteiger partial charge on any atom is -0.350 e. The molecule has 1 unspecified atom stereocenters. The van der Waals surface area contributed by atoms with Gasteiger partial charge in [-0.3, -0.25) is 0 Å². The number of hydrogen-bond donors (Lipinski definition) is 0. The summed E-state index contributed by atoms with van der Waals surface area (Å²) in [6.07, 6.45) is 1.56. The lowest BCUT2D eigenvalue weighted by atomic mass is 10.1. The second-order valence-electron chi connectivity index (χ2n) is 6.81. The molecule has 150 valence electrons. The van der Waals surface area contributed by atoms with Crippen LogP contribution in [0.5, 0.6) is 0 Å². The molecule has 1 atom stereocenters. The summed E-state index contributed by atoms with van der Waals surface area (Å²) in [5.41, 5.74) is 0.792. The molecule has 0 aliphatic carbocycles. The van der Waals surface area contributed by atoms with Crippen LogP contribution in [0, 0.1) is 17.5 Å². The Hall–Kier alpha value is -2.87. The second-order valence-corrected chi connectivity index (χ2v) is 7.14. The molecule has 0 saturated carbocycles. The summed E-state index contributed by atoms with van der Waals surface area (Å²) in [6, 6.07) is 8.16. The van der Waals surface area contributed by atoms with Gasteiger partial charge in [-0.1, -0.05) is 0 Å². The van der Waals surface area contributed by atoms with Gasteiger partial charge < -0.3 is 9.80 Å². The Kier molecular flexibility index (Phi) is 5.27. The van der Waals surface area contributed by atoms with Gasteiger partial charge in [0.25, 0.3) is 0 Å². The lowest BCUT2D eigenvalue weighted by molar-refractivity contribution is 0.509. The standard InChI is InChI=1S/C20H17ClF3N5/c1-12-11-28(19-15(23)3-2-6-25-19)7-8-29(12)18-10-17(26-20(21)27-18)13-4-5-14(22)16(24)9-13/h2-6,9-10,12H,7-8,11H2,1H3. The first kappa shape index (κ1) is 19.4. The Balaban J connectivity index is 1.60. The van der Waals surface area contributed by atoms with Crippen molar-refractivity contribution in [2.75, 3.05) is 29.4 Å². The highest BCUT2D eigenvalue weighted by Gasteiger charge is 2.27. The molecule has 1 aliphatic rings. The fourth-order valence-corrected chi connectivity index (χ4v) is 3.63. The topological polar surface area (TPSA) is 45.2 Å². The van der Waals surface area contributed by atoms with E-state index < -0.39 is 11.6 Å². The quantitative estimate of drug-likeness (QED) is 0.591. The van der Waals surface area contributed by atoms with Crippen molar-refractivity contribution in [2.24, 2.45) is 0 Å². The van der Waals surface area contributed by atoms with Crippen molar-refractivity contribution in [3.05, 3.63) is 65.3 Å². The molecule has 5 nitrogen and oxygen atoms in total. The van der Waals surface area contributed by atoms with Gasteiger partial charge in [0.2, 0.25) is 5.28 Å². The molecular weight excluding hydrogens is 403 g/mol. The predicted octanol–water partition coefficient (Wildman–Crippen LogP) is 4.32. The van der Waals surface area contributed by atoms with Crippen LogP contribution >= 0.6 is 11.6 Å². The molecule has 0 amide bonds. The maximum Gasteiger partial charge on any atom is 0.224 e. The van der Waals surface area contributed by atoms with Crippen LogP contribution in [0.15, 0.2) is 42.6 Å². The Bertz CT molecular complexity index is 1050. The number of anilines is 2. The van der Waals surface area contributed by atoms with Gasteiger partial charge in [0.1, 0.15) is 5.82 Å². The highest BCUT2D eigenvalue weighted by atomic mass is 35.5. The first-order valence-electron chi connectivity index (χ1n) is 9.04. The van der Waals surface area contributed by atoms with E-state index >= 15 is 0 Å². The zero-order chi connectivity index (χ0) is 20.5. The number of halogens is 4. The van der Waals surface area contributed by atoms with Crippen molar-refractivity contribution in [3.8, 4) is 11.3 Å². The van der Waals surface area contributed by atoms with Gasteiger partial charge in [0.05, 0.1) is 5.69 Å². The molecule has 0 radical (unpaired) electrons. The van der Waals surface area contributed by atoms with Crippen molar-refractivity contribution < 1.29 is 13.2 Å². The molecule has 3 heterocycles. The summed E-state index contributed by atoms with van der Waals surface area (Å²) in [7, 11) is 0. The van der Waals surface area contributed by atoms with Crippen LogP contribution in [0.4, 0.5) is 24.8 Å². The van der Waals surface area contributed by atoms with Gasteiger partial charge in [0, 0.05) is 43.5 Å². The highest BCUT2D eigenvalue weighted by molar-refractivity contribution is 6.28. The minimum absolute atomic E-state index is 0.00707. The molecule has 1 aliphatic heterocycles. The minimum atomic E-state index is -0.960. The van der Waals surface area contributed by atoms with Crippen molar-refractivity contribution in [1.82, 2.24) is 15.0 Å². The van der Waals surface area contributed by atoms with Gasteiger partial charge in [-0.25, -0.2) is 28.1 Å². The van der Waals surface area contributed by atoms with Crippen LogP contribution < -0.4 is 9.80 Å². The predicted molar refractivity (Wildman–Crippen MR) is 106 cm³/mol. The lowest BCUT2D eigenvalue weighted by Gasteiger charge is -2.41. The molecular formula is C20H17ClF3N5. The van der Waals surface area contributed by atoms with Gasteiger partial charge in [-0.15, -0.1) is 0 Å². The van der Waals surface area contributed by atoms with Crippen molar-refractivity contribution in [1.29, 1.82) is 0 Å². The summed E-state index contributed by atoms with van der Waals surface area (Å²) in [5, 5.41) is 0.00707. The zero-order valence-corrected chi connectivity index (χ0v) is 16.2. The third kappa shape index (κ3) is 3.98. The lowest BCUT2D eigenvalue weighted by Crippen LogP contribution is -2.53. The van der Waals surface area contributed by atoms with Crippen LogP contribution in [0.1, 0.15) is 6.92 Å².